The van der Waals surface area contributed by atoms with Crippen molar-refractivity contribution in [1.82, 2.24) is 10.2 Å². The highest BCUT2D eigenvalue weighted by Crippen LogP contribution is 2.32. The molecule has 2 aliphatic heterocycles. The van der Waals surface area contributed by atoms with Crippen LogP contribution < -0.4 is 11.1 Å². The Morgan fingerprint density at radius 2 is 2.00 bits per heavy atom. The molecule has 3 N–H and O–H groups in total. The molecular formula is C31H42N5+. The zero-order chi connectivity index (χ0) is 26.1. The largest absolute Gasteiger partial charge is 0.404 e. The van der Waals surface area contributed by atoms with Gasteiger partial charge in [-0.05, 0) is 79.7 Å². The van der Waals surface area contributed by atoms with Crippen molar-refractivity contribution in [3.05, 3.63) is 97.2 Å². The van der Waals surface area contributed by atoms with E-state index in [-0.39, 0.29) is 6.04 Å². The van der Waals surface area contributed by atoms with E-state index in [0.29, 0.717) is 12.5 Å². The monoisotopic (exact) mass is 484 g/mol. The number of hydrogen-bond donors (Lipinski definition) is 2. The number of rotatable bonds is 11. The molecule has 2 aliphatic rings. The maximum atomic E-state index is 6.08. The van der Waals surface area contributed by atoms with Crippen LogP contribution in [0.2, 0.25) is 0 Å². The van der Waals surface area contributed by atoms with Gasteiger partial charge in [0.05, 0.1) is 11.7 Å². The Labute approximate surface area is 217 Å². The van der Waals surface area contributed by atoms with Crippen LogP contribution in [-0.2, 0) is 0 Å². The standard InChI is InChI=1S/C31H42N5/c1-7-11-31(24(5)33-8-2)36-19-14-27(30-13-10-12-29(23(30)4)25(36)6)20-26(21-32)22-34-28-15-17-35(9-3)18-16-28/h8-10,12-14,19,21-22,28,31,33H,2-3,5-7,11,15-18,20,32H2,1,4H3/q+1/b26-21-,27-14?,34-22?,36-19?. The van der Waals surface area contributed by atoms with Gasteiger partial charge in [-0.3, -0.25) is 4.99 Å². The van der Waals surface area contributed by atoms with Gasteiger partial charge in [0.15, 0.2) is 12.3 Å². The van der Waals surface area contributed by atoms with Crippen LogP contribution in [0.15, 0.2) is 85.5 Å². The number of nitrogens with two attached hydrogens (primary N) is 1. The van der Waals surface area contributed by atoms with E-state index in [1.807, 2.05) is 12.4 Å². The Bertz CT molecular complexity index is 1110. The van der Waals surface area contributed by atoms with Crippen molar-refractivity contribution in [2.24, 2.45) is 10.7 Å². The fourth-order valence-corrected chi connectivity index (χ4v) is 5.00. The van der Waals surface area contributed by atoms with Crippen LogP contribution in [0, 0.1) is 6.92 Å². The van der Waals surface area contributed by atoms with Crippen molar-refractivity contribution >= 4 is 23.7 Å². The highest BCUT2D eigenvalue weighted by molar-refractivity contribution is 5.91. The topological polar surface area (TPSA) is 56.7 Å². The summed E-state index contributed by atoms with van der Waals surface area (Å²) in [7, 11) is 0. The molecule has 5 nitrogen and oxygen atoms in total. The molecule has 5 heteroatoms. The number of nitrogens with one attached hydrogen (secondary N) is 1. The molecule has 0 aromatic heterocycles. The number of piperidine rings is 1. The molecule has 3 rings (SSSR count). The second kappa shape index (κ2) is 12.9. The summed E-state index contributed by atoms with van der Waals surface area (Å²) in [6.45, 7) is 22.8. The number of likely N-dealkylation sites (tertiary alicyclic amines) is 1. The van der Waals surface area contributed by atoms with Crippen LogP contribution in [0.25, 0.3) is 11.3 Å². The van der Waals surface area contributed by atoms with Crippen LogP contribution >= 0.6 is 0 Å². The lowest BCUT2D eigenvalue weighted by atomic mass is 9.90. The summed E-state index contributed by atoms with van der Waals surface area (Å²) in [4.78, 5) is 7.13. The lowest BCUT2D eigenvalue weighted by molar-refractivity contribution is -0.462. The van der Waals surface area contributed by atoms with Crippen molar-refractivity contribution in [1.29, 1.82) is 0 Å². The van der Waals surface area contributed by atoms with Crippen LogP contribution in [0.4, 0.5) is 0 Å². The first kappa shape index (κ1) is 27.0. The molecule has 1 unspecified atom stereocenters. The first-order valence-corrected chi connectivity index (χ1v) is 12.9. The maximum absolute atomic E-state index is 6.08. The molecule has 0 saturated carbocycles. The molecule has 1 fully saturated rings. The number of benzene rings is 1. The SMILES string of the molecule is C=CNC(=C)C(CCC)[N+]1=CC=C(C/C(C=NC2CCN(C=C)CC2)=C/N)c2cccc(c2C)C1=C. The zero-order valence-electron chi connectivity index (χ0n) is 22.0. The first-order valence-electron chi connectivity index (χ1n) is 12.9. The average Bonchev–Trinajstić information content (AvgIpc) is 2.89. The van der Waals surface area contributed by atoms with Crippen molar-refractivity contribution < 1.29 is 4.58 Å². The van der Waals surface area contributed by atoms with Gasteiger partial charge in [-0.1, -0.05) is 38.8 Å². The predicted octanol–water partition coefficient (Wildman–Crippen LogP) is 5.77. The minimum atomic E-state index is 0.0617. The van der Waals surface area contributed by atoms with Crippen molar-refractivity contribution in [2.45, 2.75) is 58.0 Å². The lowest BCUT2D eigenvalue weighted by Crippen LogP contribution is -2.32. The third-order valence-electron chi connectivity index (χ3n) is 7.14. The van der Waals surface area contributed by atoms with E-state index in [4.69, 9.17) is 10.7 Å². The van der Waals surface area contributed by atoms with Gasteiger partial charge in [0.2, 0.25) is 5.70 Å². The third-order valence-corrected chi connectivity index (χ3v) is 7.14. The highest BCUT2D eigenvalue weighted by atomic mass is 15.1. The predicted molar refractivity (Wildman–Crippen MR) is 156 cm³/mol. The summed E-state index contributed by atoms with van der Waals surface area (Å²) >= 11 is 0. The van der Waals surface area contributed by atoms with Gasteiger partial charge in [0.1, 0.15) is 0 Å². The number of nitrogens with zero attached hydrogens (tertiary/aromatic N) is 3. The second-order valence-electron chi connectivity index (χ2n) is 9.50. The Kier molecular flexibility index (Phi) is 9.69. The van der Waals surface area contributed by atoms with Gasteiger partial charge in [0.25, 0.3) is 0 Å². The van der Waals surface area contributed by atoms with Crippen molar-refractivity contribution in [3.63, 3.8) is 0 Å². The Hall–Kier alpha value is -3.60. The zero-order valence-corrected chi connectivity index (χ0v) is 22.0. The lowest BCUT2D eigenvalue weighted by Gasteiger charge is -2.28. The van der Waals surface area contributed by atoms with Gasteiger partial charge >= 0.3 is 0 Å². The third kappa shape index (κ3) is 6.34. The number of fused-ring (bicyclic) bond motifs is 2. The molecule has 0 aliphatic carbocycles. The van der Waals surface area contributed by atoms with E-state index in [2.05, 4.69) is 85.4 Å². The van der Waals surface area contributed by atoms with Gasteiger partial charge in [-0.2, -0.15) is 4.58 Å². The van der Waals surface area contributed by atoms with Gasteiger partial charge in [0, 0.05) is 43.8 Å². The summed E-state index contributed by atoms with van der Waals surface area (Å²) in [5, 5.41) is 3.21. The minimum Gasteiger partial charge on any atom is -0.404 e. The van der Waals surface area contributed by atoms with E-state index < -0.39 is 0 Å². The molecular weight excluding hydrogens is 442 g/mol. The van der Waals surface area contributed by atoms with Gasteiger partial charge < -0.3 is 16.0 Å². The van der Waals surface area contributed by atoms with E-state index >= 15 is 0 Å². The van der Waals surface area contributed by atoms with Gasteiger partial charge in [-0.25, -0.2) is 0 Å². The summed E-state index contributed by atoms with van der Waals surface area (Å²) in [6.07, 6.45) is 16.4. The molecule has 2 heterocycles. The summed E-state index contributed by atoms with van der Waals surface area (Å²) in [6, 6.07) is 6.83. The molecule has 1 aromatic rings. The van der Waals surface area contributed by atoms with Gasteiger partial charge in [-0.15, -0.1) is 0 Å². The van der Waals surface area contributed by atoms with E-state index in [1.165, 1.54) is 16.7 Å². The van der Waals surface area contributed by atoms with Crippen molar-refractivity contribution in [3.8, 4) is 0 Å². The average molecular weight is 485 g/mol. The van der Waals surface area contributed by atoms with E-state index in [1.54, 1.807) is 12.4 Å². The molecule has 0 spiro atoms. The molecule has 1 atom stereocenters. The highest BCUT2D eigenvalue weighted by Gasteiger charge is 2.29. The molecule has 2 bridgehead atoms. The molecule has 1 saturated heterocycles. The molecule has 36 heavy (non-hydrogen) atoms. The second-order valence-corrected chi connectivity index (χ2v) is 9.50. The fraction of sp³-hybridized carbons (Fsp3) is 0.355. The minimum absolute atomic E-state index is 0.0617. The van der Waals surface area contributed by atoms with E-state index in [9.17, 15) is 0 Å². The van der Waals surface area contributed by atoms with Crippen molar-refractivity contribution in [2.75, 3.05) is 13.1 Å². The Balaban J connectivity index is 1.93. The number of allylic oxidation sites excluding steroid dienone is 3. The number of aliphatic imine (C=N–C) groups is 1. The fourth-order valence-electron chi connectivity index (χ4n) is 5.00. The summed E-state index contributed by atoms with van der Waals surface area (Å²) in [5.74, 6) is 0. The quantitative estimate of drug-likeness (QED) is 0.310. The Morgan fingerprint density at radius 1 is 1.28 bits per heavy atom. The Morgan fingerprint density at radius 3 is 2.64 bits per heavy atom. The molecule has 0 radical (unpaired) electrons. The van der Waals surface area contributed by atoms with Crippen LogP contribution in [0.3, 0.4) is 0 Å². The van der Waals surface area contributed by atoms with Crippen LogP contribution in [0.5, 0.6) is 0 Å². The smallest absolute Gasteiger partial charge is 0.206 e. The molecule has 0 amide bonds. The first-order chi connectivity index (χ1) is 17.4. The normalized spacial score (nSPS) is 17.7. The summed E-state index contributed by atoms with van der Waals surface area (Å²) < 4.78 is 2.24. The van der Waals surface area contributed by atoms with Crippen LogP contribution in [0.1, 0.15) is 55.7 Å². The maximum Gasteiger partial charge on any atom is 0.206 e. The van der Waals surface area contributed by atoms with E-state index in [0.717, 1.165) is 61.3 Å². The number of hydrogen-bond acceptors (Lipinski definition) is 4. The van der Waals surface area contributed by atoms with Crippen LogP contribution in [-0.4, -0.2) is 47.1 Å². The molecule has 1 aromatic carbocycles. The summed E-state index contributed by atoms with van der Waals surface area (Å²) in [5.41, 5.74) is 13.7. The molecule has 190 valence electrons.